The van der Waals surface area contributed by atoms with Crippen molar-refractivity contribution in [2.45, 2.75) is 37.3 Å². The standard InChI is InChI=1S/C18H20N2O2S3/c1-12-7-5-6-8-14(12)20-25(21,22)16-9-13(10-23-16)17-19-15(11-24-17)18(2,3)4/h5-11,20H,1-4H3. The molecule has 0 radical (unpaired) electrons. The highest BCUT2D eigenvalue weighted by Crippen LogP contribution is 2.34. The van der Waals surface area contributed by atoms with Gasteiger partial charge in [0.1, 0.15) is 9.22 Å². The highest BCUT2D eigenvalue weighted by Gasteiger charge is 2.21. The molecule has 1 N–H and O–H groups in total. The molecule has 0 fully saturated rings. The molecule has 2 aromatic heterocycles. The molecular weight excluding hydrogens is 372 g/mol. The molecule has 4 nitrogen and oxygen atoms in total. The molecule has 0 saturated heterocycles. The third-order valence-corrected chi connectivity index (χ3v) is 7.45. The Morgan fingerprint density at radius 3 is 2.44 bits per heavy atom. The summed E-state index contributed by atoms with van der Waals surface area (Å²) in [7, 11) is -3.60. The van der Waals surface area contributed by atoms with Crippen LogP contribution in [-0.4, -0.2) is 13.4 Å². The lowest BCUT2D eigenvalue weighted by atomic mass is 9.93. The molecular formula is C18H20N2O2S3. The lowest BCUT2D eigenvalue weighted by molar-refractivity contribution is 0.573. The summed E-state index contributed by atoms with van der Waals surface area (Å²) in [6, 6.07) is 9.02. The smallest absolute Gasteiger partial charge is 0.271 e. The number of nitrogens with one attached hydrogen (secondary N) is 1. The third kappa shape index (κ3) is 3.94. The van der Waals surface area contributed by atoms with Crippen molar-refractivity contribution in [3.8, 4) is 10.6 Å². The first-order valence-electron chi connectivity index (χ1n) is 7.80. The van der Waals surface area contributed by atoms with Gasteiger partial charge >= 0.3 is 0 Å². The molecule has 132 valence electrons. The average molecular weight is 393 g/mol. The molecule has 3 aromatic rings. The minimum absolute atomic E-state index is 0.0218. The highest BCUT2D eigenvalue weighted by atomic mass is 32.2. The molecule has 3 rings (SSSR count). The molecule has 7 heteroatoms. The zero-order valence-electron chi connectivity index (χ0n) is 14.5. The SMILES string of the molecule is Cc1ccccc1NS(=O)(=O)c1cc(-c2nc(C(C)(C)C)cs2)cs1. The zero-order chi connectivity index (χ0) is 18.2. The number of aryl methyl sites for hydroxylation is 1. The zero-order valence-corrected chi connectivity index (χ0v) is 17.0. The van der Waals surface area contributed by atoms with Gasteiger partial charge in [-0.3, -0.25) is 4.72 Å². The van der Waals surface area contributed by atoms with Crippen LogP contribution in [0, 0.1) is 6.92 Å². The first kappa shape index (κ1) is 18.1. The van der Waals surface area contributed by atoms with E-state index in [4.69, 9.17) is 0 Å². The molecule has 0 amide bonds. The van der Waals surface area contributed by atoms with Gasteiger partial charge in [0.25, 0.3) is 10.0 Å². The van der Waals surface area contributed by atoms with Gasteiger partial charge in [-0.25, -0.2) is 13.4 Å². The van der Waals surface area contributed by atoms with E-state index < -0.39 is 10.0 Å². The number of hydrogen-bond acceptors (Lipinski definition) is 5. The molecule has 1 aromatic carbocycles. The average Bonchev–Trinajstić information content (AvgIpc) is 3.17. The van der Waals surface area contributed by atoms with Gasteiger partial charge in [0, 0.05) is 21.7 Å². The number of sulfonamides is 1. The van der Waals surface area contributed by atoms with Crippen LogP contribution in [0.3, 0.4) is 0 Å². The second-order valence-electron chi connectivity index (χ2n) is 6.86. The number of benzene rings is 1. The summed E-state index contributed by atoms with van der Waals surface area (Å²) in [5.41, 5.74) is 3.32. The van der Waals surface area contributed by atoms with Crippen LogP contribution in [0.1, 0.15) is 32.0 Å². The quantitative estimate of drug-likeness (QED) is 0.657. The summed E-state index contributed by atoms with van der Waals surface area (Å²) in [5.74, 6) is 0. The predicted molar refractivity (Wildman–Crippen MR) is 106 cm³/mol. The lowest BCUT2D eigenvalue weighted by Crippen LogP contribution is -2.12. The number of nitrogens with zero attached hydrogens (tertiary/aromatic N) is 1. The number of para-hydroxylation sites is 1. The van der Waals surface area contributed by atoms with E-state index in [0.29, 0.717) is 9.90 Å². The van der Waals surface area contributed by atoms with E-state index in [1.807, 2.05) is 35.9 Å². The number of aromatic nitrogens is 1. The Bertz CT molecular complexity index is 995. The second kappa shape index (κ2) is 6.55. The Morgan fingerprint density at radius 1 is 1.08 bits per heavy atom. The van der Waals surface area contributed by atoms with Gasteiger partial charge < -0.3 is 0 Å². The van der Waals surface area contributed by atoms with Gasteiger partial charge in [-0.2, -0.15) is 0 Å². The van der Waals surface area contributed by atoms with Crippen LogP contribution in [0.25, 0.3) is 10.6 Å². The van der Waals surface area contributed by atoms with Crippen LogP contribution in [0.5, 0.6) is 0 Å². The first-order chi connectivity index (χ1) is 11.7. The van der Waals surface area contributed by atoms with Crippen molar-refractivity contribution in [3.63, 3.8) is 0 Å². The number of hydrogen-bond donors (Lipinski definition) is 1. The number of thiazole rings is 1. The van der Waals surface area contributed by atoms with Crippen LogP contribution in [-0.2, 0) is 15.4 Å². The lowest BCUT2D eigenvalue weighted by Gasteiger charge is -2.14. The van der Waals surface area contributed by atoms with Crippen LogP contribution in [0.4, 0.5) is 5.69 Å². The number of thiophene rings is 1. The molecule has 0 aliphatic rings. The van der Waals surface area contributed by atoms with Gasteiger partial charge in [0.2, 0.25) is 0 Å². The molecule has 0 spiro atoms. The Balaban J connectivity index is 1.88. The Hall–Kier alpha value is -1.70. The van der Waals surface area contributed by atoms with E-state index in [1.54, 1.807) is 23.5 Å². The van der Waals surface area contributed by atoms with Crippen molar-refractivity contribution in [3.05, 3.63) is 52.3 Å². The fraction of sp³-hybridized carbons (Fsp3) is 0.278. The topological polar surface area (TPSA) is 59.1 Å². The first-order valence-corrected chi connectivity index (χ1v) is 11.0. The van der Waals surface area contributed by atoms with Crippen molar-refractivity contribution in [1.82, 2.24) is 4.98 Å². The van der Waals surface area contributed by atoms with Gasteiger partial charge in [0.15, 0.2) is 0 Å². The van der Waals surface area contributed by atoms with Gasteiger partial charge in [-0.05, 0) is 24.6 Å². The van der Waals surface area contributed by atoms with E-state index in [1.165, 1.54) is 11.3 Å². The van der Waals surface area contributed by atoms with Gasteiger partial charge in [-0.15, -0.1) is 22.7 Å². The summed E-state index contributed by atoms with van der Waals surface area (Å²) in [4.78, 5) is 4.66. The summed E-state index contributed by atoms with van der Waals surface area (Å²) in [6.45, 7) is 8.21. The van der Waals surface area contributed by atoms with Crippen LogP contribution in [0.15, 0.2) is 45.3 Å². The predicted octanol–water partition coefficient (Wildman–Crippen LogP) is 5.28. The Morgan fingerprint density at radius 2 is 1.80 bits per heavy atom. The minimum atomic E-state index is -3.60. The van der Waals surface area contributed by atoms with Crippen molar-refractivity contribution in [1.29, 1.82) is 0 Å². The Kier molecular flexibility index (Phi) is 4.74. The van der Waals surface area contributed by atoms with Crippen LogP contribution < -0.4 is 4.72 Å². The van der Waals surface area contributed by atoms with E-state index in [9.17, 15) is 8.42 Å². The fourth-order valence-electron chi connectivity index (χ4n) is 2.20. The molecule has 0 unspecified atom stereocenters. The number of anilines is 1. The summed E-state index contributed by atoms with van der Waals surface area (Å²) in [5, 5.41) is 4.73. The van der Waals surface area contributed by atoms with E-state index in [0.717, 1.165) is 21.8 Å². The molecule has 2 heterocycles. The largest absolute Gasteiger partial charge is 0.279 e. The van der Waals surface area contributed by atoms with Crippen LogP contribution in [0.2, 0.25) is 0 Å². The van der Waals surface area contributed by atoms with Crippen molar-refractivity contribution >= 4 is 38.4 Å². The summed E-state index contributed by atoms with van der Waals surface area (Å²) < 4.78 is 28.2. The minimum Gasteiger partial charge on any atom is -0.279 e. The molecule has 0 aliphatic heterocycles. The maximum atomic E-state index is 12.6. The summed E-state index contributed by atoms with van der Waals surface area (Å²) in [6.07, 6.45) is 0. The monoisotopic (exact) mass is 392 g/mol. The molecule has 0 bridgehead atoms. The van der Waals surface area contributed by atoms with Crippen molar-refractivity contribution in [2.24, 2.45) is 0 Å². The fourth-order valence-corrected chi connectivity index (χ4v) is 5.61. The molecule has 0 saturated carbocycles. The highest BCUT2D eigenvalue weighted by molar-refractivity contribution is 7.94. The van der Waals surface area contributed by atoms with E-state index >= 15 is 0 Å². The molecule has 0 atom stereocenters. The van der Waals surface area contributed by atoms with Crippen molar-refractivity contribution < 1.29 is 8.42 Å². The number of rotatable bonds is 4. The second-order valence-corrected chi connectivity index (χ2v) is 10.5. The van der Waals surface area contributed by atoms with E-state index in [-0.39, 0.29) is 5.41 Å². The Labute approximate surface area is 156 Å². The maximum Gasteiger partial charge on any atom is 0.271 e. The summed E-state index contributed by atoms with van der Waals surface area (Å²) >= 11 is 2.75. The van der Waals surface area contributed by atoms with Crippen molar-refractivity contribution in [2.75, 3.05) is 4.72 Å². The third-order valence-electron chi connectivity index (χ3n) is 3.75. The molecule has 0 aliphatic carbocycles. The molecule has 25 heavy (non-hydrogen) atoms. The van der Waals surface area contributed by atoms with Gasteiger partial charge in [-0.1, -0.05) is 39.0 Å². The van der Waals surface area contributed by atoms with Crippen LogP contribution >= 0.6 is 22.7 Å². The van der Waals surface area contributed by atoms with Gasteiger partial charge in [0.05, 0.1) is 11.4 Å². The van der Waals surface area contributed by atoms with E-state index in [2.05, 4.69) is 30.5 Å². The normalized spacial score (nSPS) is 12.3. The maximum absolute atomic E-state index is 12.6.